The van der Waals surface area contributed by atoms with Gasteiger partial charge in [0.1, 0.15) is 19.8 Å². The van der Waals surface area contributed by atoms with Crippen molar-refractivity contribution in [3.8, 4) is 0 Å². The Morgan fingerprint density at radius 3 is 0.870 bits per heavy atom. The quantitative estimate of drug-likeness (QED) is 0.0211. The standard InChI is InChI=1S/C82H138NO8P/c1-6-8-10-12-14-16-18-20-22-24-26-28-30-32-34-36-38-39-40-41-42-43-45-47-49-51-53-55-57-59-61-63-65-67-69-71-73-75-82(85)91-80(79-90-92(86,87)89-77-76-83(3,4)5)78-88-81(84)74-72-70-68-66-64-62-60-58-56-54-52-50-48-46-44-37-35-33-31-29-27-25-23-21-19-17-15-13-11-9-7-2/h8-11,14-17,20-23,26-29,32,34,38-39,41-42,45,47,51,53,80H,6-7,12-13,18-19,24-25,30-31,33,35-37,40,43-44,46,48-50,52,54-79H2,1-5H3/p+1/b10-8-,11-9-,16-14-,17-15-,22-20-,23-21-,28-26-,29-27-,34-32-,39-38-,42-41-,47-45-,53-51-. The van der Waals surface area contributed by atoms with Gasteiger partial charge in [0.15, 0.2) is 6.10 Å². The van der Waals surface area contributed by atoms with Crippen LogP contribution in [0, 0.1) is 0 Å². The lowest BCUT2D eigenvalue weighted by atomic mass is 10.0. The first-order valence-electron chi connectivity index (χ1n) is 37.2. The third-order valence-corrected chi connectivity index (χ3v) is 16.5. The first kappa shape index (κ1) is 87.6. The number of esters is 2. The number of ether oxygens (including phenoxy) is 2. The Kier molecular flexibility index (Phi) is 67.6. The molecule has 0 aromatic heterocycles. The van der Waals surface area contributed by atoms with Crippen LogP contribution in [0.5, 0.6) is 0 Å². The first-order chi connectivity index (χ1) is 45.0. The molecular formula is C82H139NO8P+. The second kappa shape index (κ2) is 70.9. The summed E-state index contributed by atoms with van der Waals surface area (Å²) in [7, 11) is 1.46. The van der Waals surface area contributed by atoms with E-state index < -0.39 is 26.5 Å². The summed E-state index contributed by atoms with van der Waals surface area (Å²) in [6.07, 6.45) is 106. The van der Waals surface area contributed by atoms with Crippen molar-refractivity contribution in [3.63, 3.8) is 0 Å². The number of phosphoric acid groups is 1. The van der Waals surface area contributed by atoms with Crippen molar-refractivity contribution in [3.05, 3.63) is 158 Å². The lowest BCUT2D eigenvalue weighted by Gasteiger charge is -2.24. The number of hydrogen-bond acceptors (Lipinski definition) is 7. The number of rotatable bonds is 67. The molecule has 0 saturated heterocycles. The molecule has 9 nitrogen and oxygen atoms in total. The molecule has 2 atom stereocenters. The maximum Gasteiger partial charge on any atom is 0.472 e. The maximum absolute atomic E-state index is 12.9. The highest BCUT2D eigenvalue weighted by molar-refractivity contribution is 7.47. The number of carbonyl (C=O) groups is 2. The summed E-state index contributed by atoms with van der Waals surface area (Å²) in [6.45, 7) is 4.21. The van der Waals surface area contributed by atoms with E-state index in [9.17, 15) is 19.0 Å². The fourth-order valence-electron chi connectivity index (χ4n) is 9.94. The predicted octanol–water partition coefficient (Wildman–Crippen LogP) is 24.7. The minimum atomic E-state index is -4.41. The molecule has 0 aliphatic heterocycles. The minimum absolute atomic E-state index is 0.0243. The van der Waals surface area contributed by atoms with Crippen LogP contribution in [-0.4, -0.2) is 74.9 Å². The van der Waals surface area contributed by atoms with E-state index in [4.69, 9.17) is 18.5 Å². The van der Waals surface area contributed by atoms with Gasteiger partial charge in [-0.1, -0.05) is 320 Å². The van der Waals surface area contributed by atoms with Crippen molar-refractivity contribution in [2.45, 2.75) is 302 Å². The van der Waals surface area contributed by atoms with E-state index >= 15 is 0 Å². The molecule has 0 amide bonds. The molecule has 10 heteroatoms. The van der Waals surface area contributed by atoms with Crippen molar-refractivity contribution in [1.29, 1.82) is 0 Å². The number of carbonyl (C=O) groups excluding carboxylic acids is 2. The lowest BCUT2D eigenvalue weighted by molar-refractivity contribution is -0.870. The summed E-state index contributed by atoms with van der Waals surface area (Å²) in [5.41, 5.74) is 0. The van der Waals surface area contributed by atoms with Gasteiger partial charge in [-0.05, 0) is 122 Å². The third kappa shape index (κ3) is 74.7. The smallest absolute Gasteiger partial charge is 0.462 e. The number of unbranched alkanes of at least 4 members (excludes halogenated alkanes) is 27. The van der Waals surface area contributed by atoms with E-state index in [1.54, 1.807) is 0 Å². The zero-order chi connectivity index (χ0) is 66.9. The summed E-state index contributed by atoms with van der Waals surface area (Å²) in [5.74, 6) is -0.804. The van der Waals surface area contributed by atoms with Crippen molar-refractivity contribution in [2.24, 2.45) is 0 Å². The Bertz CT molecular complexity index is 2110. The molecule has 0 aliphatic rings. The molecule has 0 radical (unpaired) electrons. The van der Waals surface area contributed by atoms with Gasteiger partial charge < -0.3 is 18.9 Å². The van der Waals surface area contributed by atoms with Crippen LogP contribution in [-0.2, 0) is 32.7 Å². The molecule has 0 aromatic carbocycles. The lowest BCUT2D eigenvalue weighted by Crippen LogP contribution is -2.37. The van der Waals surface area contributed by atoms with Crippen LogP contribution in [0.4, 0.5) is 0 Å². The van der Waals surface area contributed by atoms with Crippen LogP contribution in [0.2, 0.25) is 0 Å². The summed E-state index contributed by atoms with van der Waals surface area (Å²) >= 11 is 0. The Morgan fingerprint density at radius 2 is 0.587 bits per heavy atom. The van der Waals surface area contributed by atoms with Crippen molar-refractivity contribution in [1.82, 2.24) is 0 Å². The molecule has 0 spiro atoms. The van der Waals surface area contributed by atoms with Crippen molar-refractivity contribution < 1.29 is 42.1 Å². The fourth-order valence-corrected chi connectivity index (χ4v) is 10.7. The van der Waals surface area contributed by atoms with Gasteiger partial charge >= 0.3 is 19.8 Å². The zero-order valence-corrected chi connectivity index (χ0v) is 60.6. The van der Waals surface area contributed by atoms with Gasteiger partial charge in [-0.3, -0.25) is 18.6 Å². The van der Waals surface area contributed by atoms with E-state index in [-0.39, 0.29) is 32.0 Å². The molecule has 0 aromatic rings. The predicted molar refractivity (Wildman–Crippen MR) is 399 cm³/mol. The molecule has 1 N–H and O–H groups in total. The van der Waals surface area contributed by atoms with E-state index in [0.29, 0.717) is 17.4 Å². The molecule has 0 rings (SSSR count). The number of hydrogen-bond donors (Lipinski definition) is 1. The monoisotopic (exact) mass is 1300 g/mol. The summed E-state index contributed by atoms with van der Waals surface area (Å²) in [4.78, 5) is 35.9. The topological polar surface area (TPSA) is 108 Å². The van der Waals surface area contributed by atoms with Gasteiger partial charge in [0.05, 0.1) is 27.7 Å². The fraction of sp³-hybridized carbons (Fsp3) is 0.659. The molecular weight excluding hydrogens is 1160 g/mol. The normalized spacial score (nSPS) is 14.0. The second-order valence-electron chi connectivity index (χ2n) is 25.6. The highest BCUT2D eigenvalue weighted by atomic mass is 31.2. The molecule has 92 heavy (non-hydrogen) atoms. The van der Waals surface area contributed by atoms with Gasteiger partial charge in [0, 0.05) is 12.8 Å². The van der Waals surface area contributed by atoms with Crippen LogP contribution in [0.25, 0.3) is 0 Å². The Hall–Kier alpha value is -4.37. The Morgan fingerprint density at radius 1 is 0.337 bits per heavy atom. The molecule has 0 aliphatic carbocycles. The highest BCUT2D eigenvalue weighted by Crippen LogP contribution is 2.43. The van der Waals surface area contributed by atoms with E-state index in [1.165, 1.54) is 135 Å². The van der Waals surface area contributed by atoms with Crippen LogP contribution in [0.3, 0.4) is 0 Å². The minimum Gasteiger partial charge on any atom is -0.462 e. The highest BCUT2D eigenvalue weighted by Gasteiger charge is 2.27. The molecule has 0 fully saturated rings. The molecule has 0 bridgehead atoms. The summed E-state index contributed by atoms with van der Waals surface area (Å²) in [5, 5.41) is 0. The van der Waals surface area contributed by atoms with E-state index in [1.807, 2.05) is 21.1 Å². The number of allylic oxidation sites excluding steroid dienone is 26. The molecule has 0 heterocycles. The van der Waals surface area contributed by atoms with Gasteiger partial charge in [-0.25, -0.2) is 4.57 Å². The second-order valence-corrected chi connectivity index (χ2v) is 27.0. The number of quaternary nitrogens is 1. The van der Waals surface area contributed by atoms with Crippen LogP contribution < -0.4 is 0 Å². The van der Waals surface area contributed by atoms with E-state index in [2.05, 4.69) is 172 Å². The number of likely N-dealkylation sites (N-methyl/N-ethyl adjacent to an activating group) is 1. The third-order valence-electron chi connectivity index (χ3n) is 15.6. The van der Waals surface area contributed by atoms with E-state index in [0.717, 1.165) is 128 Å². The molecule has 2 unspecified atom stereocenters. The van der Waals surface area contributed by atoms with Gasteiger partial charge in [0.2, 0.25) is 0 Å². The Balaban J connectivity index is 4.07. The van der Waals surface area contributed by atoms with Gasteiger partial charge in [0.25, 0.3) is 0 Å². The Labute approximate surface area is 566 Å². The number of nitrogens with zero attached hydrogens (tertiary/aromatic N) is 1. The van der Waals surface area contributed by atoms with Crippen LogP contribution in [0.1, 0.15) is 296 Å². The average Bonchev–Trinajstić information content (AvgIpc) is 2.34. The van der Waals surface area contributed by atoms with Crippen molar-refractivity contribution in [2.75, 3.05) is 47.5 Å². The molecule has 0 saturated carbocycles. The molecule has 524 valence electrons. The van der Waals surface area contributed by atoms with Crippen LogP contribution in [0.15, 0.2) is 158 Å². The maximum atomic E-state index is 12.9. The van der Waals surface area contributed by atoms with Gasteiger partial charge in [-0.2, -0.15) is 0 Å². The zero-order valence-electron chi connectivity index (χ0n) is 59.7. The summed E-state index contributed by atoms with van der Waals surface area (Å²) in [6, 6.07) is 0. The number of phosphoric ester groups is 1. The SMILES string of the molecule is CC/C=C\C/C=C\C/C=C\C/C=C\C/C=C\C/C=C\C/C=C\C/C=C\C/C=C\CCCCCCCCCCCC(=O)OC(COC(=O)CCCCCCCCCCCCCCCCCCCC/C=C\C/C=C\C/C=C\C/C=C\CC)COP(=O)(O)OCC[N+](C)(C)C. The first-order valence-corrected chi connectivity index (χ1v) is 38.7. The van der Waals surface area contributed by atoms with Crippen LogP contribution >= 0.6 is 7.82 Å². The largest absolute Gasteiger partial charge is 0.472 e. The average molecular weight is 1300 g/mol. The van der Waals surface area contributed by atoms with Gasteiger partial charge in [-0.15, -0.1) is 0 Å². The van der Waals surface area contributed by atoms with Crippen molar-refractivity contribution >= 4 is 19.8 Å². The summed E-state index contributed by atoms with van der Waals surface area (Å²) < 4.78 is 34.8.